The van der Waals surface area contributed by atoms with E-state index in [0.29, 0.717) is 31.0 Å². The van der Waals surface area contributed by atoms with Crippen LogP contribution in [0.3, 0.4) is 0 Å². The molecule has 0 spiro atoms. The molecule has 0 atom stereocenters. The molecule has 7 nitrogen and oxygen atoms in total. The molecule has 0 bridgehead atoms. The van der Waals surface area contributed by atoms with Crippen LogP contribution in [0.2, 0.25) is 0 Å². The number of rotatable bonds is 1. The van der Waals surface area contributed by atoms with Gasteiger partial charge in [-0.15, -0.1) is 10.2 Å². The van der Waals surface area contributed by atoms with Gasteiger partial charge < -0.3 is 15.2 Å². The summed E-state index contributed by atoms with van der Waals surface area (Å²) in [5, 5.41) is 7.80. The molecule has 1 amide bonds. The van der Waals surface area contributed by atoms with Crippen LogP contribution >= 0.6 is 0 Å². The highest BCUT2D eigenvalue weighted by molar-refractivity contribution is 5.97. The average molecular weight is 244 g/mol. The summed E-state index contributed by atoms with van der Waals surface area (Å²) in [7, 11) is 0. The maximum absolute atomic E-state index is 12.3. The molecule has 1 aliphatic heterocycles. The van der Waals surface area contributed by atoms with Crippen LogP contribution in [0, 0.1) is 0 Å². The number of anilines is 1. The SMILES string of the molecule is Nc1cccnc1C(=O)N1CCn2cnnc2C1. The van der Waals surface area contributed by atoms with Crippen molar-refractivity contribution in [2.24, 2.45) is 0 Å². The number of nitrogen functional groups attached to an aromatic ring is 1. The van der Waals surface area contributed by atoms with Crippen molar-refractivity contribution < 1.29 is 4.79 Å². The molecular formula is C11H12N6O. The lowest BCUT2D eigenvalue weighted by Gasteiger charge is -2.26. The first kappa shape index (κ1) is 10.7. The van der Waals surface area contributed by atoms with Gasteiger partial charge in [0.15, 0.2) is 11.5 Å². The minimum absolute atomic E-state index is 0.164. The summed E-state index contributed by atoms with van der Waals surface area (Å²) in [6.07, 6.45) is 3.24. The normalized spacial score (nSPS) is 14.3. The highest BCUT2D eigenvalue weighted by Crippen LogP contribution is 2.15. The van der Waals surface area contributed by atoms with Gasteiger partial charge in [-0.05, 0) is 12.1 Å². The highest BCUT2D eigenvalue weighted by Gasteiger charge is 2.24. The van der Waals surface area contributed by atoms with Crippen LogP contribution in [-0.4, -0.2) is 37.1 Å². The number of pyridine rings is 1. The number of aromatic nitrogens is 4. The lowest BCUT2D eigenvalue weighted by Crippen LogP contribution is -2.38. The average Bonchev–Trinajstić information content (AvgIpc) is 2.85. The van der Waals surface area contributed by atoms with Crippen molar-refractivity contribution in [1.82, 2.24) is 24.6 Å². The molecule has 0 fully saturated rings. The molecule has 2 aromatic heterocycles. The molecule has 7 heteroatoms. The number of hydrogen-bond donors (Lipinski definition) is 1. The topological polar surface area (TPSA) is 89.9 Å². The van der Waals surface area contributed by atoms with E-state index in [1.54, 1.807) is 29.6 Å². The van der Waals surface area contributed by atoms with E-state index in [-0.39, 0.29) is 5.91 Å². The highest BCUT2D eigenvalue weighted by atomic mass is 16.2. The summed E-state index contributed by atoms with van der Waals surface area (Å²) in [5.74, 6) is 0.617. The van der Waals surface area contributed by atoms with Gasteiger partial charge in [-0.3, -0.25) is 4.79 Å². The van der Waals surface area contributed by atoms with Gasteiger partial charge in [0.05, 0.1) is 12.2 Å². The van der Waals surface area contributed by atoms with Crippen molar-refractivity contribution in [2.75, 3.05) is 12.3 Å². The standard InChI is InChI=1S/C11H12N6O/c12-8-2-1-3-13-10(8)11(18)16-4-5-17-7-14-15-9(17)6-16/h1-3,7H,4-6,12H2. The smallest absolute Gasteiger partial charge is 0.275 e. The van der Waals surface area contributed by atoms with E-state index in [1.165, 1.54) is 0 Å². The lowest BCUT2D eigenvalue weighted by atomic mass is 10.2. The number of fused-ring (bicyclic) bond motifs is 1. The molecule has 1 aliphatic rings. The van der Waals surface area contributed by atoms with Crippen LogP contribution in [0.4, 0.5) is 5.69 Å². The number of nitrogens with zero attached hydrogens (tertiary/aromatic N) is 5. The van der Waals surface area contributed by atoms with E-state index in [1.807, 2.05) is 4.57 Å². The van der Waals surface area contributed by atoms with Crippen LogP contribution in [0.5, 0.6) is 0 Å². The molecule has 92 valence electrons. The second-order valence-corrected chi connectivity index (χ2v) is 4.11. The van der Waals surface area contributed by atoms with Gasteiger partial charge >= 0.3 is 0 Å². The first-order chi connectivity index (χ1) is 8.75. The Hall–Kier alpha value is -2.44. The fraction of sp³-hybridized carbons (Fsp3) is 0.273. The second kappa shape index (κ2) is 4.10. The van der Waals surface area contributed by atoms with Crippen LogP contribution in [-0.2, 0) is 13.1 Å². The van der Waals surface area contributed by atoms with Crippen LogP contribution in [0.25, 0.3) is 0 Å². The van der Waals surface area contributed by atoms with Crippen LogP contribution < -0.4 is 5.73 Å². The summed E-state index contributed by atoms with van der Waals surface area (Å²) in [4.78, 5) is 18.0. The van der Waals surface area contributed by atoms with Gasteiger partial charge in [0, 0.05) is 19.3 Å². The zero-order chi connectivity index (χ0) is 12.5. The minimum atomic E-state index is -0.164. The Labute approximate surface area is 103 Å². The molecule has 18 heavy (non-hydrogen) atoms. The summed E-state index contributed by atoms with van der Waals surface area (Å²) in [5.41, 5.74) is 6.45. The number of amides is 1. The second-order valence-electron chi connectivity index (χ2n) is 4.11. The fourth-order valence-electron chi connectivity index (χ4n) is 1.99. The first-order valence-corrected chi connectivity index (χ1v) is 5.62. The van der Waals surface area contributed by atoms with Gasteiger partial charge in [-0.2, -0.15) is 0 Å². The van der Waals surface area contributed by atoms with Crippen molar-refractivity contribution in [1.29, 1.82) is 0 Å². The fourth-order valence-corrected chi connectivity index (χ4v) is 1.99. The molecule has 0 radical (unpaired) electrons. The Morgan fingerprint density at radius 2 is 2.28 bits per heavy atom. The molecular weight excluding hydrogens is 232 g/mol. The van der Waals surface area contributed by atoms with Gasteiger partial charge in [0.1, 0.15) is 6.33 Å². The molecule has 0 saturated heterocycles. The maximum Gasteiger partial charge on any atom is 0.275 e. The summed E-state index contributed by atoms with van der Waals surface area (Å²) < 4.78 is 1.94. The van der Waals surface area contributed by atoms with E-state index >= 15 is 0 Å². The Bertz CT molecular complexity index is 593. The summed E-state index contributed by atoms with van der Waals surface area (Å²) >= 11 is 0. The summed E-state index contributed by atoms with van der Waals surface area (Å²) in [6.45, 7) is 1.75. The Balaban J connectivity index is 1.85. The zero-order valence-electron chi connectivity index (χ0n) is 9.65. The molecule has 2 aromatic rings. The molecule has 3 heterocycles. The predicted molar refractivity (Wildman–Crippen MR) is 63.4 cm³/mol. The van der Waals surface area contributed by atoms with E-state index in [0.717, 1.165) is 5.82 Å². The molecule has 0 saturated carbocycles. The van der Waals surface area contributed by atoms with Gasteiger partial charge in [0.25, 0.3) is 5.91 Å². The molecule has 0 aromatic carbocycles. The number of carbonyl (C=O) groups is 1. The third kappa shape index (κ3) is 1.69. The number of hydrogen-bond acceptors (Lipinski definition) is 5. The van der Waals surface area contributed by atoms with Crippen LogP contribution in [0.1, 0.15) is 16.3 Å². The van der Waals surface area contributed by atoms with Crippen molar-refractivity contribution in [3.8, 4) is 0 Å². The Morgan fingerprint density at radius 3 is 3.11 bits per heavy atom. The number of nitrogens with two attached hydrogens (primary N) is 1. The quantitative estimate of drug-likeness (QED) is 0.757. The van der Waals surface area contributed by atoms with Crippen molar-refractivity contribution in [3.05, 3.63) is 36.2 Å². The van der Waals surface area contributed by atoms with Crippen molar-refractivity contribution >= 4 is 11.6 Å². The van der Waals surface area contributed by atoms with E-state index in [4.69, 9.17) is 5.73 Å². The maximum atomic E-state index is 12.3. The van der Waals surface area contributed by atoms with Crippen molar-refractivity contribution in [2.45, 2.75) is 13.1 Å². The zero-order valence-corrected chi connectivity index (χ0v) is 9.65. The Kier molecular flexibility index (Phi) is 2.44. The summed E-state index contributed by atoms with van der Waals surface area (Å²) in [6, 6.07) is 3.38. The molecule has 0 unspecified atom stereocenters. The molecule has 0 aliphatic carbocycles. The van der Waals surface area contributed by atoms with Gasteiger partial charge in [-0.1, -0.05) is 0 Å². The lowest BCUT2D eigenvalue weighted by molar-refractivity contribution is 0.0702. The monoisotopic (exact) mass is 244 g/mol. The molecule has 3 rings (SSSR count). The minimum Gasteiger partial charge on any atom is -0.397 e. The Morgan fingerprint density at radius 1 is 1.39 bits per heavy atom. The van der Waals surface area contributed by atoms with E-state index in [2.05, 4.69) is 15.2 Å². The largest absolute Gasteiger partial charge is 0.397 e. The third-order valence-electron chi connectivity index (χ3n) is 2.97. The first-order valence-electron chi connectivity index (χ1n) is 5.62. The van der Waals surface area contributed by atoms with E-state index in [9.17, 15) is 4.79 Å². The third-order valence-corrected chi connectivity index (χ3v) is 2.97. The van der Waals surface area contributed by atoms with Gasteiger partial charge in [-0.25, -0.2) is 4.98 Å². The number of carbonyl (C=O) groups excluding carboxylic acids is 1. The predicted octanol–water partition coefficient (Wildman–Crippen LogP) is -0.0887. The van der Waals surface area contributed by atoms with Crippen molar-refractivity contribution in [3.63, 3.8) is 0 Å². The van der Waals surface area contributed by atoms with Crippen LogP contribution in [0.15, 0.2) is 24.7 Å². The van der Waals surface area contributed by atoms with Gasteiger partial charge in [0.2, 0.25) is 0 Å². The molecule has 2 N–H and O–H groups in total. The van der Waals surface area contributed by atoms with E-state index < -0.39 is 0 Å².